The van der Waals surface area contributed by atoms with Crippen LogP contribution in [-0.2, 0) is 5.41 Å². The third-order valence-electron chi connectivity index (χ3n) is 5.73. The van der Waals surface area contributed by atoms with Crippen LogP contribution in [0.15, 0.2) is 30.3 Å². The smallest absolute Gasteiger partial charge is 0.274 e. The van der Waals surface area contributed by atoms with E-state index in [-0.39, 0.29) is 29.1 Å². The van der Waals surface area contributed by atoms with Gasteiger partial charge in [0.25, 0.3) is 5.91 Å². The number of benzene rings is 1. The number of carbonyl (C=O) groups is 2. The molecule has 3 heterocycles. The Kier molecular flexibility index (Phi) is 4.73. The van der Waals surface area contributed by atoms with Crippen molar-refractivity contribution in [1.29, 1.82) is 0 Å². The molecule has 1 amide bonds. The summed E-state index contributed by atoms with van der Waals surface area (Å²) in [6.45, 7) is 7.56. The number of ketones is 1. The number of fused-ring (bicyclic) bond motifs is 1. The fourth-order valence-electron chi connectivity index (χ4n) is 4.04. The van der Waals surface area contributed by atoms with E-state index >= 15 is 0 Å². The summed E-state index contributed by atoms with van der Waals surface area (Å²) < 4.78 is 6.14. The number of hydrogen-bond donors (Lipinski definition) is 1. The van der Waals surface area contributed by atoms with Crippen LogP contribution in [0, 0.1) is 5.92 Å². The molecule has 2 aliphatic rings. The zero-order chi connectivity index (χ0) is 19.9. The number of H-pyrrole nitrogens is 1. The number of likely N-dealkylation sites (tertiary alicyclic amines) is 1. The van der Waals surface area contributed by atoms with Crippen LogP contribution in [0.4, 0.5) is 0 Å². The number of piperidine rings is 1. The van der Waals surface area contributed by atoms with Gasteiger partial charge in [0.1, 0.15) is 17.5 Å². The van der Waals surface area contributed by atoms with Crippen molar-refractivity contribution in [2.45, 2.75) is 51.6 Å². The summed E-state index contributed by atoms with van der Waals surface area (Å²) in [5.74, 6) is 0.877. The Morgan fingerprint density at radius 1 is 1.29 bits per heavy atom. The van der Waals surface area contributed by atoms with Crippen LogP contribution in [0.5, 0.6) is 5.75 Å². The average Bonchev–Trinajstić information content (AvgIpc) is 3.18. The fourth-order valence-corrected chi connectivity index (χ4v) is 4.04. The van der Waals surface area contributed by atoms with Crippen molar-refractivity contribution in [3.05, 3.63) is 47.3 Å². The predicted molar refractivity (Wildman–Crippen MR) is 106 cm³/mol. The van der Waals surface area contributed by atoms with Crippen molar-refractivity contribution in [2.75, 3.05) is 13.1 Å². The summed E-state index contributed by atoms with van der Waals surface area (Å²) in [7, 11) is 0. The summed E-state index contributed by atoms with van der Waals surface area (Å²) in [5.41, 5.74) is 1.98. The minimum Gasteiger partial charge on any atom is -0.489 e. The Morgan fingerprint density at radius 3 is 2.82 bits per heavy atom. The van der Waals surface area contributed by atoms with E-state index in [1.807, 2.05) is 35.2 Å². The minimum absolute atomic E-state index is 0.0565. The van der Waals surface area contributed by atoms with Crippen LogP contribution in [-0.4, -0.2) is 46.0 Å². The molecule has 0 bridgehead atoms. The number of aromatic amines is 1. The van der Waals surface area contributed by atoms with E-state index in [0.717, 1.165) is 18.5 Å². The molecule has 6 nitrogen and oxygen atoms in total. The van der Waals surface area contributed by atoms with Crippen molar-refractivity contribution >= 4 is 11.7 Å². The van der Waals surface area contributed by atoms with E-state index < -0.39 is 0 Å². The zero-order valence-corrected chi connectivity index (χ0v) is 16.7. The molecule has 148 valence electrons. The van der Waals surface area contributed by atoms with Gasteiger partial charge in [0.2, 0.25) is 0 Å². The van der Waals surface area contributed by atoms with Gasteiger partial charge >= 0.3 is 0 Å². The molecule has 0 aliphatic carbocycles. The number of carbonyl (C=O) groups excluding carboxylic acids is 2. The van der Waals surface area contributed by atoms with Gasteiger partial charge in [-0.2, -0.15) is 5.10 Å². The van der Waals surface area contributed by atoms with Crippen molar-refractivity contribution < 1.29 is 14.3 Å². The molecule has 0 radical (unpaired) electrons. The van der Waals surface area contributed by atoms with Gasteiger partial charge in [-0.3, -0.25) is 14.7 Å². The third kappa shape index (κ3) is 3.55. The van der Waals surface area contributed by atoms with Crippen LogP contribution >= 0.6 is 0 Å². The van der Waals surface area contributed by atoms with E-state index in [2.05, 4.69) is 31.0 Å². The molecule has 2 aliphatic heterocycles. The predicted octanol–water partition coefficient (Wildman–Crippen LogP) is 3.59. The molecule has 28 heavy (non-hydrogen) atoms. The van der Waals surface area contributed by atoms with Gasteiger partial charge in [-0.15, -0.1) is 0 Å². The lowest BCUT2D eigenvalue weighted by atomic mass is 9.86. The molecule has 0 saturated carbocycles. The number of rotatable bonds is 2. The quantitative estimate of drug-likeness (QED) is 0.863. The number of amides is 1. The maximum absolute atomic E-state index is 13.0. The normalized spacial score (nSPS) is 22.5. The molecule has 6 heteroatoms. The standard InChI is InChI=1S/C22H27N3O3/c1-22(2,3)20-11-16(23-24-20)21(27)25-10-6-7-14(13-25)19-12-17(26)15-8-4-5-9-18(15)28-19/h4-5,8-9,11,14,19H,6-7,10,12-13H2,1-3H3,(H,23,24)/t14-,19+/m0/s1. The minimum atomic E-state index is -0.178. The van der Waals surface area contributed by atoms with Crippen LogP contribution in [0.2, 0.25) is 0 Å². The lowest BCUT2D eigenvalue weighted by Gasteiger charge is -2.38. The zero-order valence-electron chi connectivity index (χ0n) is 16.7. The number of hydrogen-bond acceptors (Lipinski definition) is 4. The summed E-state index contributed by atoms with van der Waals surface area (Å²) in [6, 6.07) is 9.26. The molecule has 1 aromatic heterocycles. The molecule has 1 N–H and O–H groups in total. The molecular weight excluding hydrogens is 354 g/mol. The highest BCUT2D eigenvalue weighted by Crippen LogP contribution is 2.33. The second kappa shape index (κ2) is 7.08. The maximum Gasteiger partial charge on any atom is 0.274 e. The van der Waals surface area contributed by atoms with E-state index in [1.165, 1.54) is 0 Å². The highest BCUT2D eigenvalue weighted by Gasteiger charge is 2.36. The van der Waals surface area contributed by atoms with Crippen molar-refractivity contribution in [3.63, 3.8) is 0 Å². The number of para-hydroxylation sites is 1. The molecule has 2 aromatic rings. The van der Waals surface area contributed by atoms with Crippen molar-refractivity contribution in [3.8, 4) is 5.75 Å². The lowest BCUT2D eigenvalue weighted by Crippen LogP contribution is -2.46. The SMILES string of the molecule is CC(C)(C)c1cc(C(=O)N2CCC[C@H]([C@H]3CC(=O)c4ccccc4O3)C2)n[nH]1. The van der Waals surface area contributed by atoms with Gasteiger partial charge in [0, 0.05) is 36.5 Å². The largest absolute Gasteiger partial charge is 0.489 e. The Balaban J connectivity index is 1.47. The van der Waals surface area contributed by atoms with Gasteiger partial charge in [0.05, 0.1) is 5.56 Å². The van der Waals surface area contributed by atoms with Gasteiger partial charge < -0.3 is 9.64 Å². The van der Waals surface area contributed by atoms with Gasteiger partial charge in [0.15, 0.2) is 5.78 Å². The van der Waals surface area contributed by atoms with Crippen LogP contribution in [0.25, 0.3) is 0 Å². The molecule has 0 spiro atoms. The Morgan fingerprint density at radius 2 is 2.07 bits per heavy atom. The summed E-state index contributed by atoms with van der Waals surface area (Å²) in [4.78, 5) is 27.3. The molecular formula is C22H27N3O3. The van der Waals surface area contributed by atoms with Crippen LogP contribution < -0.4 is 4.74 Å². The van der Waals surface area contributed by atoms with E-state index in [0.29, 0.717) is 36.5 Å². The Hall–Kier alpha value is -2.63. The fraction of sp³-hybridized carbons (Fsp3) is 0.500. The van der Waals surface area contributed by atoms with Crippen molar-refractivity contribution in [1.82, 2.24) is 15.1 Å². The summed E-state index contributed by atoms with van der Waals surface area (Å²) in [5, 5.41) is 7.23. The maximum atomic E-state index is 13.0. The topological polar surface area (TPSA) is 75.3 Å². The molecule has 1 saturated heterocycles. The molecule has 2 atom stereocenters. The van der Waals surface area contributed by atoms with Gasteiger partial charge in [-0.1, -0.05) is 32.9 Å². The number of ether oxygens (including phenoxy) is 1. The Labute approximate surface area is 165 Å². The molecule has 1 aromatic carbocycles. The molecule has 0 unspecified atom stereocenters. The first-order valence-electron chi connectivity index (χ1n) is 9.97. The third-order valence-corrected chi connectivity index (χ3v) is 5.73. The number of nitrogens with one attached hydrogen (secondary N) is 1. The summed E-state index contributed by atoms with van der Waals surface area (Å²) >= 11 is 0. The van der Waals surface area contributed by atoms with E-state index in [9.17, 15) is 9.59 Å². The lowest BCUT2D eigenvalue weighted by molar-refractivity contribution is 0.0406. The second-order valence-corrected chi connectivity index (χ2v) is 8.85. The van der Waals surface area contributed by atoms with Crippen molar-refractivity contribution in [2.24, 2.45) is 5.92 Å². The molecule has 4 rings (SSSR count). The van der Waals surface area contributed by atoms with Crippen LogP contribution in [0.1, 0.15) is 66.6 Å². The second-order valence-electron chi connectivity index (χ2n) is 8.85. The molecule has 1 fully saturated rings. The van der Waals surface area contributed by atoms with E-state index in [4.69, 9.17) is 4.74 Å². The first-order chi connectivity index (χ1) is 13.3. The highest BCUT2D eigenvalue weighted by molar-refractivity contribution is 6.00. The highest BCUT2D eigenvalue weighted by atomic mass is 16.5. The first kappa shape index (κ1) is 18.7. The monoisotopic (exact) mass is 381 g/mol. The first-order valence-corrected chi connectivity index (χ1v) is 9.97. The number of Topliss-reactive ketones (excluding diaryl/α,β-unsaturated/α-hetero) is 1. The number of nitrogens with zero attached hydrogens (tertiary/aromatic N) is 2. The van der Waals surface area contributed by atoms with Gasteiger partial charge in [-0.25, -0.2) is 0 Å². The average molecular weight is 381 g/mol. The van der Waals surface area contributed by atoms with E-state index in [1.54, 1.807) is 0 Å². The van der Waals surface area contributed by atoms with Crippen LogP contribution in [0.3, 0.4) is 0 Å². The Bertz CT molecular complexity index is 896. The summed E-state index contributed by atoms with van der Waals surface area (Å²) in [6.07, 6.45) is 2.06. The van der Waals surface area contributed by atoms with Gasteiger partial charge in [-0.05, 0) is 31.0 Å². The number of aromatic nitrogens is 2.